The lowest BCUT2D eigenvalue weighted by Crippen LogP contribution is -2.35. The van der Waals surface area contributed by atoms with Crippen LogP contribution in [0.5, 0.6) is 0 Å². The van der Waals surface area contributed by atoms with Gasteiger partial charge in [-0.05, 0) is 42.2 Å². The number of fused-ring (bicyclic) bond motifs is 1. The maximum absolute atomic E-state index is 12.6. The van der Waals surface area contributed by atoms with Gasteiger partial charge in [0.05, 0.1) is 11.8 Å². The molecule has 30 heavy (non-hydrogen) atoms. The molecule has 0 bridgehead atoms. The minimum atomic E-state index is -0.155. The second kappa shape index (κ2) is 9.64. The fourth-order valence-corrected chi connectivity index (χ4v) is 4.68. The van der Waals surface area contributed by atoms with Gasteiger partial charge >= 0.3 is 0 Å². The number of nitrogens with zero attached hydrogens (tertiary/aromatic N) is 1. The maximum atomic E-state index is 12.6. The highest BCUT2D eigenvalue weighted by atomic mass is 32.2. The Morgan fingerprint density at radius 3 is 2.63 bits per heavy atom. The predicted molar refractivity (Wildman–Crippen MR) is 119 cm³/mol. The molecule has 0 aliphatic carbocycles. The first-order valence-corrected chi connectivity index (χ1v) is 11.4. The number of thioether (sulfide) groups is 1. The molecule has 7 heteroatoms. The molecular weight excluding hydrogens is 398 g/mol. The van der Waals surface area contributed by atoms with Crippen molar-refractivity contribution in [1.82, 2.24) is 10.2 Å². The van der Waals surface area contributed by atoms with E-state index in [0.717, 1.165) is 48.7 Å². The van der Waals surface area contributed by atoms with Gasteiger partial charge in [0.1, 0.15) is 0 Å². The Bertz CT molecular complexity index is 908. The smallest absolute Gasteiger partial charge is 0.251 e. The zero-order valence-electron chi connectivity index (χ0n) is 16.9. The Morgan fingerprint density at radius 2 is 1.87 bits per heavy atom. The summed E-state index contributed by atoms with van der Waals surface area (Å²) in [6.45, 7) is 3.20. The third-order valence-electron chi connectivity index (χ3n) is 5.54. The number of benzene rings is 2. The van der Waals surface area contributed by atoms with Gasteiger partial charge in [0.25, 0.3) is 5.91 Å². The summed E-state index contributed by atoms with van der Waals surface area (Å²) in [5.41, 5.74) is 3.53. The Kier molecular flexibility index (Phi) is 6.72. The third kappa shape index (κ3) is 5.41. The summed E-state index contributed by atoms with van der Waals surface area (Å²) in [5.74, 6) is 0.581. The van der Waals surface area contributed by atoms with Crippen molar-refractivity contribution in [3.05, 3.63) is 59.2 Å². The van der Waals surface area contributed by atoms with E-state index in [4.69, 9.17) is 0 Å². The first kappa shape index (κ1) is 20.9. The fourth-order valence-electron chi connectivity index (χ4n) is 3.74. The first-order chi connectivity index (χ1) is 14.6. The molecule has 2 aliphatic rings. The molecule has 3 N–H and O–H groups in total. The van der Waals surface area contributed by atoms with E-state index in [1.54, 1.807) is 23.9 Å². The highest BCUT2D eigenvalue weighted by Gasteiger charge is 2.17. The van der Waals surface area contributed by atoms with Crippen LogP contribution in [-0.2, 0) is 17.9 Å². The average Bonchev–Trinajstić information content (AvgIpc) is 2.94. The average molecular weight is 426 g/mol. The lowest BCUT2D eigenvalue weighted by Gasteiger charge is -2.29. The number of carbonyl (C=O) groups excluding carboxylic acids is 2. The van der Waals surface area contributed by atoms with Gasteiger partial charge in [-0.25, -0.2) is 0 Å². The first-order valence-electron chi connectivity index (χ1n) is 10.4. The molecule has 2 aliphatic heterocycles. The number of rotatable bonds is 5. The number of nitrogens with one attached hydrogen (secondary N) is 2. The summed E-state index contributed by atoms with van der Waals surface area (Å²) in [6, 6.07) is 13.7. The molecule has 158 valence electrons. The Hall–Kier alpha value is -2.35. The van der Waals surface area contributed by atoms with Crippen molar-refractivity contribution in [2.24, 2.45) is 0 Å². The van der Waals surface area contributed by atoms with E-state index in [2.05, 4.69) is 27.7 Å². The summed E-state index contributed by atoms with van der Waals surface area (Å²) in [6.07, 6.45) is 2.02. The molecule has 0 atom stereocenters. The van der Waals surface area contributed by atoms with Crippen molar-refractivity contribution in [2.45, 2.75) is 43.4 Å². The van der Waals surface area contributed by atoms with Crippen molar-refractivity contribution >= 4 is 29.3 Å². The molecule has 6 nitrogen and oxygen atoms in total. The molecule has 0 unspecified atom stereocenters. The number of amides is 2. The molecule has 4 rings (SSSR count). The molecule has 1 fully saturated rings. The van der Waals surface area contributed by atoms with Crippen LogP contribution in [0.1, 0.15) is 40.7 Å². The third-order valence-corrected chi connectivity index (χ3v) is 6.62. The largest absolute Gasteiger partial charge is 0.393 e. The van der Waals surface area contributed by atoms with Crippen molar-refractivity contribution in [3.8, 4) is 0 Å². The molecule has 0 aromatic heterocycles. The number of likely N-dealkylation sites (tertiary alicyclic amines) is 1. The standard InChI is InChI=1S/C23H27N3O3S/c27-19-7-10-26(11-8-19)15-17-3-1-16(2-4-17)14-24-23(29)18-5-6-21-20(13-18)25-22(28)9-12-30-21/h1-6,13,19,27H,7-12,14-15H2,(H,24,29)(H,25,28). The van der Waals surface area contributed by atoms with Gasteiger partial charge in [0.2, 0.25) is 5.91 Å². The highest BCUT2D eigenvalue weighted by molar-refractivity contribution is 7.99. The van der Waals surface area contributed by atoms with Gasteiger partial charge in [-0.3, -0.25) is 14.5 Å². The van der Waals surface area contributed by atoms with Crippen molar-refractivity contribution in [1.29, 1.82) is 0 Å². The van der Waals surface area contributed by atoms with Gasteiger partial charge in [0.15, 0.2) is 0 Å². The van der Waals surface area contributed by atoms with E-state index in [-0.39, 0.29) is 17.9 Å². The van der Waals surface area contributed by atoms with Crippen LogP contribution in [0, 0.1) is 0 Å². The van der Waals surface area contributed by atoms with E-state index in [0.29, 0.717) is 24.2 Å². The number of piperidine rings is 1. The lowest BCUT2D eigenvalue weighted by molar-refractivity contribution is -0.115. The minimum absolute atomic E-state index is 0.0142. The summed E-state index contributed by atoms with van der Waals surface area (Å²) >= 11 is 1.63. The molecule has 2 aromatic rings. The van der Waals surface area contributed by atoms with E-state index >= 15 is 0 Å². The van der Waals surface area contributed by atoms with Crippen LogP contribution >= 0.6 is 11.8 Å². The number of aliphatic hydroxyl groups excluding tert-OH is 1. The molecule has 2 aromatic carbocycles. The van der Waals surface area contributed by atoms with Crippen LogP contribution in [0.4, 0.5) is 5.69 Å². The van der Waals surface area contributed by atoms with Crippen LogP contribution < -0.4 is 10.6 Å². The molecule has 0 spiro atoms. The normalized spacial score (nSPS) is 17.7. The summed E-state index contributed by atoms with van der Waals surface area (Å²) in [5, 5.41) is 15.5. The van der Waals surface area contributed by atoms with Gasteiger partial charge in [0, 0.05) is 48.8 Å². The minimum Gasteiger partial charge on any atom is -0.393 e. The van der Waals surface area contributed by atoms with Crippen LogP contribution in [-0.4, -0.2) is 46.8 Å². The van der Waals surface area contributed by atoms with Gasteiger partial charge in [-0.15, -0.1) is 11.8 Å². The van der Waals surface area contributed by atoms with Gasteiger partial charge in [-0.1, -0.05) is 24.3 Å². The van der Waals surface area contributed by atoms with E-state index in [1.165, 1.54) is 5.56 Å². The Morgan fingerprint density at radius 1 is 1.13 bits per heavy atom. The number of aliphatic hydroxyl groups is 1. The van der Waals surface area contributed by atoms with Crippen LogP contribution in [0.15, 0.2) is 47.4 Å². The fraction of sp³-hybridized carbons (Fsp3) is 0.391. The van der Waals surface area contributed by atoms with Crippen molar-refractivity contribution < 1.29 is 14.7 Å². The zero-order valence-corrected chi connectivity index (χ0v) is 17.7. The predicted octanol–water partition coefficient (Wildman–Crippen LogP) is 3.01. The SMILES string of the molecule is O=C1CCSc2ccc(C(=O)NCc3ccc(CN4CCC(O)CC4)cc3)cc2N1. The molecule has 0 saturated carbocycles. The summed E-state index contributed by atoms with van der Waals surface area (Å²) in [4.78, 5) is 27.7. The lowest BCUT2D eigenvalue weighted by atomic mass is 10.1. The van der Waals surface area contributed by atoms with Crippen LogP contribution in [0.3, 0.4) is 0 Å². The molecule has 0 radical (unpaired) electrons. The summed E-state index contributed by atoms with van der Waals surface area (Å²) in [7, 11) is 0. The molecular formula is C23H27N3O3S. The van der Waals surface area contributed by atoms with E-state index in [9.17, 15) is 14.7 Å². The molecule has 2 amide bonds. The molecule has 2 heterocycles. The number of hydrogen-bond donors (Lipinski definition) is 3. The second-order valence-corrected chi connectivity index (χ2v) is 9.00. The van der Waals surface area contributed by atoms with Crippen LogP contribution in [0.25, 0.3) is 0 Å². The number of hydrogen-bond acceptors (Lipinski definition) is 5. The Labute approximate surface area is 181 Å². The highest BCUT2D eigenvalue weighted by Crippen LogP contribution is 2.31. The van der Waals surface area contributed by atoms with Gasteiger partial charge < -0.3 is 15.7 Å². The number of carbonyl (C=O) groups is 2. The second-order valence-electron chi connectivity index (χ2n) is 7.86. The monoisotopic (exact) mass is 425 g/mol. The quantitative estimate of drug-likeness (QED) is 0.686. The zero-order chi connectivity index (χ0) is 20.9. The van der Waals surface area contributed by atoms with Crippen LogP contribution in [0.2, 0.25) is 0 Å². The Balaban J connectivity index is 1.31. The molecule has 1 saturated heterocycles. The van der Waals surface area contributed by atoms with Gasteiger partial charge in [-0.2, -0.15) is 0 Å². The van der Waals surface area contributed by atoms with E-state index in [1.807, 2.05) is 18.2 Å². The van der Waals surface area contributed by atoms with Crippen molar-refractivity contribution in [3.63, 3.8) is 0 Å². The van der Waals surface area contributed by atoms with E-state index < -0.39 is 0 Å². The topological polar surface area (TPSA) is 81.7 Å². The number of anilines is 1. The van der Waals surface area contributed by atoms with Crippen molar-refractivity contribution in [2.75, 3.05) is 24.2 Å². The summed E-state index contributed by atoms with van der Waals surface area (Å²) < 4.78 is 0. The maximum Gasteiger partial charge on any atom is 0.251 e.